The molecular weight excluding hydrogens is 218 g/mol. The summed E-state index contributed by atoms with van der Waals surface area (Å²) in [6.45, 7) is 1.18. The molecule has 0 amide bonds. The first-order valence-corrected chi connectivity index (χ1v) is 5.96. The molecule has 1 saturated heterocycles. The minimum absolute atomic E-state index is 0.000248. The van der Waals surface area contributed by atoms with Gasteiger partial charge in [-0.05, 0) is 7.05 Å². The zero-order valence-corrected chi connectivity index (χ0v) is 10.3. The van der Waals surface area contributed by atoms with E-state index >= 15 is 0 Å². The van der Waals surface area contributed by atoms with Gasteiger partial charge in [0.1, 0.15) is 11.6 Å². The minimum atomic E-state index is 0.000248. The summed E-state index contributed by atoms with van der Waals surface area (Å²) in [5.41, 5.74) is 0. The van der Waals surface area contributed by atoms with Crippen molar-refractivity contribution in [3.63, 3.8) is 0 Å². The molecule has 2 heterocycles. The van der Waals surface area contributed by atoms with E-state index < -0.39 is 0 Å². The normalized spacial score (nSPS) is 24.1. The fourth-order valence-corrected chi connectivity index (χ4v) is 2.21. The number of ether oxygens (including phenoxy) is 1. The van der Waals surface area contributed by atoms with Gasteiger partial charge in [-0.15, -0.1) is 0 Å². The lowest BCUT2D eigenvalue weighted by molar-refractivity contribution is -0.123. The van der Waals surface area contributed by atoms with E-state index in [4.69, 9.17) is 4.74 Å². The molecule has 0 bridgehead atoms. The Labute approximate surface area is 101 Å². The molecule has 2 unspecified atom stereocenters. The van der Waals surface area contributed by atoms with Crippen LogP contribution in [0.15, 0.2) is 12.4 Å². The van der Waals surface area contributed by atoms with E-state index in [-0.39, 0.29) is 17.7 Å². The van der Waals surface area contributed by atoms with Gasteiger partial charge in [-0.3, -0.25) is 4.79 Å². The molecule has 17 heavy (non-hydrogen) atoms. The van der Waals surface area contributed by atoms with Gasteiger partial charge in [-0.2, -0.15) is 0 Å². The summed E-state index contributed by atoms with van der Waals surface area (Å²) in [7, 11) is 3.82. The number of Topliss-reactive ketones (excluding diaryl/α,β-unsaturated/α-hetero) is 1. The summed E-state index contributed by atoms with van der Waals surface area (Å²) in [5.74, 6) is 1.23. The summed E-state index contributed by atoms with van der Waals surface area (Å²) >= 11 is 0. The average Bonchev–Trinajstić information content (AvgIpc) is 2.94. The van der Waals surface area contributed by atoms with E-state index in [2.05, 4.69) is 10.3 Å². The van der Waals surface area contributed by atoms with Crippen molar-refractivity contribution >= 4 is 5.78 Å². The number of imidazole rings is 1. The number of hydrogen-bond donors (Lipinski definition) is 1. The molecule has 0 radical (unpaired) electrons. The highest BCUT2D eigenvalue weighted by Crippen LogP contribution is 2.17. The van der Waals surface area contributed by atoms with Crippen LogP contribution in [-0.2, 0) is 23.0 Å². The summed E-state index contributed by atoms with van der Waals surface area (Å²) < 4.78 is 7.29. The number of aromatic nitrogens is 2. The summed E-state index contributed by atoms with van der Waals surface area (Å²) in [5, 5.41) is 3.13. The van der Waals surface area contributed by atoms with Crippen molar-refractivity contribution in [2.45, 2.75) is 18.9 Å². The third-order valence-electron chi connectivity index (χ3n) is 3.38. The highest BCUT2D eigenvalue weighted by Gasteiger charge is 2.32. The number of carbonyl (C=O) groups excluding carboxylic acids is 1. The number of ketones is 1. The summed E-state index contributed by atoms with van der Waals surface area (Å²) in [4.78, 5) is 16.3. The molecule has 94 valence electrons. The van der Waals surface area contributed by atoms with Crippen LogP contribution in [0.5, 0.6) is 0 Å². The highest BCUT2D eigenvalue weighted by molar-refractivity contribution is 5.82. The van der Waals surface area contributed by atoms with Crippen LogP contribution in [0, 0.1) is 5.92 Å². The Morgan fingerprint density at radius 2 is 2.47 bits per heavy atom. The Morgan fingerprint density at radius 3 is 3.12 bits per heavy atom. The van der Waals surface area contributed by atoms with Gasteiger partial charge in [0.05, 0.1) is 19.1 Å². The molecule has 1 fully saturated rings. The lowest BCUT2D eigenvalue weighted by Gasteiger charge is -2.15. The zero-order valence-electron chi connectivity index (χ0n) is 10.3. The molecule has 1 N–H and O–H groups in total. The second-order valence-electron chi connectivity index (χ2n) is 4.46. The molecule has 2 rings (SSSR count). The topological polar surface area (TPSA) is 56.1 Å². The molecular formula is C12H19N3O2. The monoisotopic (exact) mass is 237 g/mol. The molecule has 5 heteroatoms. The predicted octanol–water partition coefficient (Wildman–Crippen LogP) is 0.156. The second kappa shape index (κ2) is 5.42. The SMILES string of the molecule is CNC1COCC1C(=O)CCc1nccn1C. The van der Waals surface area contributed by atoms with E-state index in [0.29, 0.717) is 26.1 Å². The van der Waals surface area contributed by atoms with Crippen LogP contribution in [-0.4, -0.2) is 41.6 Å². The zero-order chi connectivity index (χ0) is 12.3. The molecule has 2 atom stereocenters. The molecule has 5 nitrogen and oxygen atoms in total. The average molecular weight is 237 g/mol. The third-order valence-corrected chi connectivity index (χ3v) is 3.38. The van der Waals surface area contributed by atoms with Crippen molar-refractivity contribution in [3.05, 3.63) is 18.2 Å². The summed E-state index contributed by atoms with van der Waals surface area (Å²) in [6, 6.07) is 0.170. The summed E-state index contributed by atoms with van der Waals surface area (Å²) in [6.07, 6.45) is 4.90. The number of carbonyl (C=O) groups is 1. The van der Waals surface area contributed by atoms with Crippen molar-refractivity contribution in [1.82, 2.24) is 14.9 Å². The van der Waals surface area contributed by atoms with Crippen molar-refractivity contribution < 1.29 is 9.53 Å². The van der Waals surface area contributed by atoms with Crippen LogP contribution in [0.4, 0.5) is 0 Å². The molecule has 0 aromatic carbocycles. The van der Waals surface area contributed by atoms with Crippen LogP contribution in [0.2, 0.25) is 0 Å². The minimum Gasteiger partial charge on any atom is -0.379 e. The van der Waals surface area contributed by atoms with Crippen molar-refractivity contribution in [2.75, 3.05) is 20.3 Å². The van der Waals surface area contributed by atoms with E-state index in [1.54, 1.807) is 6.20 Å². The molecule has 1 aromatic rings. The number of hydrogen-bond acceptors (Lipinski definition) is 4. The quantitative estimate of drug-likeness (QED) is 0.792. The van der Waals surface area contributed by atoms with Crippen molar-refractivity contribution in [3.8, 4) is 0 Å². The Morgan fingerprint density at radius 1 is 1.65 bits per heavy atom. The van der Waals surface area contributed by atoms with Gasteiger partial charge in [-0.1, -0.05) is 0 Å². The molecule has 0 aliphatic carbocycles. The lowest BCUT2D eigenvalue weighted by Crippen LogP contribution is -2.37. The van der Waals surface area contributed by atoms with Gasteiger partial charge >= 0.3 is 0 Å². The molecule has 0 spiro atoms. The highest BCUT2D eigenvalue weighted by atomic mass is 16.5. The standard InChI is InChI=1S/C12H19N3O2/c1-13-10-8-17-7-9(10)11(16)3-4-12-14-5-6-15(12)2/h5-6,9-10,13H,3-4,7-8H2,1-2H3. The largest absolute Gasteiger partial charge is 0.379 e. The Bertz CT molecular complexity index is 389. The molecule has 1 aromatic heterocycles. The van der Waals surface area contributed by atoms with Crippen LogP contribution in [0.3, 0.4) is 0 Å². The first kappa shape index (κ1) is 12.3. The van der Waals surface area contributed by atoms with E-state index in [0.717, 1.165) is 5.82 Å². The van der Waals surface area contributed by atoms with E-state index in [1.807, 2.05) is 24.9 Å². The fraction of sp³-hybridized carbons (Fsp3) is 0.667. The van der Waals surface area contributed by atoms with Crippen LogP contribution in [0.25, 0.3) is 0 Å². The van der Waals surface area contributed by atoms with Gasteiger partial charge in [0.2, 0.25) is 0 Å². The number of nitrogens with one attached hydrogen (secondary N) is 1. The van der Waals surface area contributed by atoms with Crippen LogP contribution in [0.1, 0.15) is 12.2 Å². The molecule has 1 aliphatic heterocycles. The van der Waals surface area contributed by atoms with Gasteiger partial charge in [0.15, 0.2) is 0 Å². The Hall–Kier alpha value is -1.20. The number of likely N-dealkylation sites (N-methyl/N-ethyl adjacent to an activating group) is 1. The first-order chi connectivity index (χ1) is 8.22. The first-order valence-electron chi connectivity index (χ1n) is 5.96. The molecule has 1 aliphatic rings. The maximum absolute atomic E-state index is 12.1. The number of rotatable bonds is 5. The van der Waals surface area contributed by atoms with Crippen molar-refractivity contribution in [2.24, 2.45) is 13.0 Å². The fourth-order valence-electron chi connectivity index (χ4n) is 2.21. The van der Waals surface area contributed by atoms with Gasteiger partial charge in [0, 0.05) is 38.3 Å². The lowest BCUT2D eigenvalue weighted by atomic mass is 9.95. The Balaban J connectivity index is 1.87. The maximum atomic E-state index is 12.1. The number of nitrogens with zero attached hydrogens (tertiary/aromatic N) is 2. The number of aryl methyl sites for hydroxylation is 2. The van der Waals surface area contributed by atoms with E-state index in [1.165, 1.54) is 0 Å². The van der Waals surface area contributed by atoms with Gasteiger partial charge in [-0.25, -0.2) is 4.98 Å². The van der Waals surface area contributed by atoms with Crippen LogP contribution >= 0.6 is 0 Å². The van der Waals surface area contributed by atoms with E-state index in [9.17, 15) is 4.79 Å². The Kier molecular flexibility index (Phi) is 3.91. The third kappa shape index (κ3) is 2.73. The molecule has 0 saturated carbocycles. The maximum Gasteiger partial charge on any atom is 0.140 e. The van der Waals surface area contributed by atoms with Gasteiger partial charge < -0.3 is 14.6 Å². The van der Waals surface area contributed by atoms with Crippen molar-refractivity contribution in [1.29, 1.82) is 0 Å². The van der Waals surface area contributed by atoms with Crippen LogP contribution < -0.4 is 5.32 Å². The smallest absolute Gasteiger partial charge is 0.140 e. The predicted molar refractivity (Wildman–Crippen MR) is 63.7 cm³/mol. The van der Waals surface area contributed by atoms with Gasteiger partial charge in [0.25, 0.3) is 0 Å². The second-order valence-corrected chi connectivity index (χ2v) is 4.46.